The number of fused-ring (bicyclic) bond motifs is 1. The molecule has 0 radical (unpaired) electrons. The molecule has 0 spiro atoms. The highest BCUT2D eigenvalue weighted by Crippen LogP contribution is 2.29. The van der Waals surface area contributed by atoms with Crippen LogP contribution in [0.2, 0.25) is 0 Å². The highest BCUT2D eigenvalue weighted by atomic mass is 16.6. The van der Waals surface area contributed by atoms with Gasteiger partial charge >= 0.3 is 11.8 Å². The second-order valence-corrected chi connectivity index (χ2v) is 10.8. The summed E-state index contributed by atoms with van der Waals surface area (Å²) in [6, 6.07) is 5.16. The maximum absolute atomic E-state index is 13.0. The fourth-order valence-electron chi connectivity index (χ4n) is 4.94. The molecule has 1 saturated heterocycles. The molecule has 2 heterocycles. The molecule has 2 fully saturated rings. The third-order valence-corrected chi connectivity index (χ3v) is 6.95. The van der Waals surface area contributed by atoms with Gasteiger partial charge in [-0.2, -0.15) is 0 Å². The number of hydrogen-bond donors (Lipinski definition) is 1. The van der Waals surface area contributed by atoms with E-state index in [0.717, 1.165) is 36.8 Å². The summed E-state index contributed by atoms with van der Waals surface area (Å²) in [7, 11) is 3.48. The van der Waals surface area contributed by atoms with Crippen molar-refractivity contribution in [1.82, 2.24) is 19.4 Å². The number of aromatic nitrogens is 2. The molecule has 36 heavy (non-hydrogen) atoms. The van der Waals surface area contributed by atoms with Gasteiger partial charge in [-0.05, 0) is 64.5 Å². The Kier molecular flexibility index (Phi) is 7.26. The number of benzene rings is 1. The van der Waals surface area contributed by atoms with Crippen molar-refractivity contribution < 1.29 is 23.9 Å². The first-order chi connectivity index (χ1) is 17.0. The van der Waals surface area contributed by atoms with Crippen LogP contribution in [0.25, 0.3) is 11.0 Å². The minimum atomic E-state index is -0.692. The highest BCUT2D eigenvalue weighted by Gasteiger charge is 2.36. The molecule has 2 aliphatic rings. The Balaban J connectivity index is 1.33. The van der Waals surface area contributed by atoms with E-state index in [4.69, 9.17) is 9.47 Å². The number of ether oxygens (including phenoxy) is 2. The van der Waals surface area contributed by atoms with Crippen molar-refractivity contribution in [1.29, 1.82) is 0 Å². The number of rotatable bonds is 7. The zero-order valence-corrected chi connectivity index (χ0v) is 21.7. The van der Waals surface area contributed by atoms with Gasteiger partial charge in [-0.15, -0.1) is 0 Å². The molecular formula is C26H36N4O6. The monoisotopic (exact) mass is 500 g/mol. The molecule has 1 atom stereocenters. The second-order valence-electron chi connectivity index (χ2n) is 10.8. The van der Waals surface area contributed by atoms with Crippen LogP contribution < -0.4 is 11.0 Å². The van der Waals surface area contributed by atoms with Crippen LogP contribution in [0.4, 0.5) is 4.79 Å². The Morgan fingerprint density at radius 2 is 1.92 bits per heavy atom. The lowest BCUT2D eigenvalue weighted by Crippen LogP contribution is -2.50. The number of imidazole rings is 1. The Hall–Kier alpha value is -3.14. The maximum atomic E-state index is 13.0. The number of aryl methyl sites for hydroxylation is 2. The van der Waals surface area contributed by atoms with Gasteiger partial charge in [0, 0.05) is 33.2 Å². The van der Waals surface area contributed by atoms with E-state index in [9.17, 15) is 19.2 Å². The predicted molar refractivity (Wildman–Crippen MR) is 134 cm³/mol. The minimum Gasteiger partial charge on any atom is -0.444 e. The number of amides is 3. The molecule has 1 aliphatic carbocycles. The van der Waals surface area contributed by atoms with E-state index in [1.807, 2.05) is 39.0 Å². The summed E-state index contributed by atoms with van der Waals surface area (Å²) in [5, 5.41) is 2.34. The van der Waals surface area contributed by atoms with Gasteiger partial charge in [-0.25, -0.2) is 9.59 Å². The van der Waals surface area contributed by atoms with Crippen LogP contribution in [0, 0.1) is 0 Å². The third kappa shape index (κ3) is 5.33. The molecular weight excluding hydrogens is 464 g/mol. The molecule has 10 nitrogen and oxygen atoms in total. The molecule has 1 unspecified atom stereocenters. The summed E-state index contributed by atoms with van der Waals surface area (Å²) in [6.45, 7) is 6.14. The van der Waals surface area contributed by atoms with Crippen LogP contribution in [-0.4, -0.2) is 63.3 Å². The molecule has 0 bridgehead atoms. The summed E-state index contributed by atoms with van der Waals surface area (Å²) in [5.41, 5.74) is 1.73. The van der Waals surface area contributed by atoms with E-state index < -0.39 is 17.6 Å². The fraction of sp³-hybridized carbons (Fsp3) is 0.615. The first kappa shape index (κ1) is 25.9. The van der Waals surface area contributed by atoms with Gasteiger partial charge in [0.05, 0.1) is 17.1 Å². The summed E-state index contributed by atoms with van der Waals surface area (Å²) in [6.07, 6.45) is 3.41. The summed E-state index contributed by atoms with van der Waals surface area (Å²) in [5.74, 6) is -0.740. The van der Waals surface area contributed by atoms with Gasteiger partial charge in [0.25, 0.3) is 0 Å². The Bertz CT molecular complexity index is 1220. The van der Waals surface area contributed by atoms with Crippen molar-refractivity contribution in [2.24, 2.45) is 7.05 Å². The zero-order chi connectivity index (χ0) is 26.2. The number of piperidine rings is 1. The fourth-order valence-corrected chi connectivity index (χ4v) is 4.94. The second kappa shape index (κ2) is 10.1. The number of carbonyl (C=O) groups excluding carboxylic acids is 3. The van der Waals surface area contributed by atoms with Crippen molar-refractivity contribution in [2.75, 3.05) is 13.7 Å². The number of carbonyl (C=O) groups is 3. The van der Waals surface area contributed by atoms with Gasteiger partial charge in [-0.1, -0.05) is 12.1 Å². The van der Waals surface area contributed by atoms with E-state index in [0.29, 0.717) is 18.5 Å². The molecule has 10 heteroatoms. The zero-order valence-electron chi connectivity index (χ0n) is 21.7. The summed E-state index contributed by atoms with van der Waals surface area (Å²) in [4.78, 5) is 50.9. The van der Waals surface area contributed by atoms with Crippen molar-refractivity contribution in [3.8, 4) is 0 Å². The smallest absolute Gasteiger partial charge is 0.410 e. The number of hydrogen-bond acceptors (Lipinski definition) is 6. The number of nitrogens with one attached hydrogen (secondary N) is 1. The minimum absolute atomic E-state index is 0.119. The molecule has 1 N–H and O–H groups in total. The van der Waals surface area contributed by atoms with Crippen LogP contribution in [0.3, 0.4) is 0 Å². The van der Waals surface area contributed by atoms with Gasteiger partial charge in [-0.3, -0.25) is 24.0 Å². The molecule has 2 aromatic rings. The first-order valence-corrected chi connectivity index (χ1v) is 12.6. The van der Waals surface area contributed by atoms with Crippen LogP contribution in [0.1, 0.15) is 64.5 Å². The number of nitrogens with zero attached hydrogens (tertiary/aromatic N) is 3. The molecule has 1 aromatic carbocycles. The molecule has 1 saturated carbocycles. The van der Waals surface area contributed by atoms with Crippen molar-refractivity contribution in [2.45, 2.75) is 83.1 Å². The molecule has 3 amide bonds. The van der Waals surface area contributed by atoms with E-state index in [-0.39, 0.29) is 36.3 Å². The van der Waals surface area contributed by atoms with E-state index in [1.54, 1.807) is 23.6 Å². The summed E-state index contributed by atoms with van der Waals surface area (Å²) >= 11 is 0. The average Bonchev–Trinajstić information content (AvgIpc) is 3.02. The molecule has 1 aromatic heterocycles. The van der Waals surface area contributed by atoms with Crippen molar-refractivity contribution >= 4 is 28.9 Å². The van der Waals surface area contributed by atoms with Gasteiger partial charge in [0.1, 0.15) is 11.6 Å². The summed E-state index contributed by atoms with van der Waals surface area (Å²) < 4.78 is 14.5. The van der Waals surface area contributed by atoms with Crippen molar-refractivity contribution in [3.63, 3.8) is 0 Å². The lowest BCUT2D eigenvalue weighted by molar-refractivity contribution is -0.135. The van der Waals surface area contributed by atoms with Crippen LogP contribution in [0.5, 0.6) is 0 Å². The largest absolute Gasteiger partial charge is 0.444 e. The van der Waals surface area contributed by atoms with Crippen LogP contribution in [-0.2, 0) is 32.5 Å². The first-order valence-electron chi connectivity index (χ1n) is 12.6. The average molecular weight is 501 g/mol. The van der Waals surface area contributed by atoms with Gasteiger partial charge in [0.2, 0.25) is 11.8 Å². The number of para-hydroxylation sites is 1. The molecule has 1 aliphatic heterocycles. The molecule has 196 valence electrons. The van der Waals surface area contributed by atoms with E-state index in [1.165, 1.54) is 4.57 Å². The third-order valence-electron chi connectivity index (χ3n) is 6.95. The van der Waals surface area contributed by atoms with Crippen molar-refractivity contribution in [3.05, 3.63) is 34.2 Å². The SMILES string of the molecule is Cn1c(=O)n(C2CCC(=O)NC2=O)c2cccc(CCCO[C@H]3C[C@H](N(C)C(=O)OC(C)(C)C)C3)c21. The van der Waals surface area contributed by atoms with E-state index in [2.05, 4.69) is 5.32 Å². The Labute approximate surface area is 210 Å². The van der Waals surface area contributed by atoms with Gasteiger partial charge in [0.15, 0.2) is 0 Å². The maximum Gasteiger partial charge on any atom is 0.410 e. The normalized spacial score (nSPS) is 22.3. The van der Waals surface area contributed by atoms with Crippen LogP contribution in [0.15, 0.2) is 23.0 Å². The predicted octanol–water partition coefficient (Wildman–Crippen LogP) is 2.66. The lowest BCUT2D eigenvalue weighted by Gasteiger charge is -2.41. The molecule has 4 rings (SSSR count). The Morgan fingerprint density at radius 3 is 2.58 bits per heavy atom. The lowest BCUT2D eigenvalue weighted by atomic mass is 9.88. The quantitative estimate of drug-likeness (QED) is 0.462. The number of imide groups is 1. The standard InChI is InChI=1S/C26H36N4O6/c1-26(2,3)36-25(34)28(4)17-14-18(15-17)35-13-7-9-16-8-6-10-19-22(16)29(5)24(33)30(19)20-11-12-21(31)27-23(20)32/h6,8,10,17-18,20H,7,9,11-15H2,1-5H3,(H,27,31,32)/t17-,18-,20?. The Morgan fingerprint density at radius 1 is 1.19 bits per heavy atom. The van der Waals surface area contributed by atoms with E-state index >= 15 is 0 Å². The van der Waals surface area contributed by atoms with Crippen LogP contribution >= 0.6 is 0 Å². The highest BCUT2D eigenvalue weighted by molar-refractivity contribution is 6.00. The topological polar surface area (TPSA) is 112 Å². The van der Waals surface area contributed by atoms with Gasteiger partial charge < -0.3 is 14.4 Å².